The summed E-state index contributed by atoms with van der Waals surface area (Å²) < 4.78 is 5.31. The number of aromatic nitrogens is 2. The van der Waals surface area contributed by atoms with Crippen LogP contribution in [0.5, 0.6) is 0 Å². The first-order valence-electron chi connectivity index (χ1n) is 7.11. The molecule has 1 atom stereocenters. The summed E-state index contributed by atoms with van der Waals surface area (Å²) in [5, 5.41) is 3.97. The number of nitrogens with two attached hydrogens (primary N) is 1. The second-order valence-corrected chi connectivity index (χ2v) is 6.30. The summed E-state index contributed by atoms with van der Waals surface area (Å²) in [6.07, 6.45) is 2.66. The maximum Gasteiger partial charge on any atom is 0.240 e. The lowest BCUT2D eigenvalue weighted by Gasteiger charge is -2.36. The highest BCUT2D eigenvalue weighted by atomic mass is 35.5. The van der Waals surface area contributed by atoms with E-state index in [0.29, 0.717) is 11.7 Å². The molecule has 6 nitrogen and oxygen atoms in total. The predicted molar refractivity (Wildman–Crippen MR) is 85.9 cm³/mol. The molecule has 2 N–H and O–H groups in total. The van der Waals surface area contributed by atoms with E-state index in [1.807, 2.05) is 13.8 Å². The Hall–Kier alpha value is -0.400. The van der Waals surface area contributed by atoms with Crippen molar-refractivity contribution in [1.29, 1.82) is 0 Å². The molecule has 0 aromatic carbocycles. The van der Waals surface area contributed by atoms with Gasteiger partial charge in [0.25, 0.3) is 0 Å². The van der Waals surface area contributed by atoms with Crippen LogP contribution in [-0.2, 0) is 12.1 Å². The minimum atomic E-state index is -0.536. The molecule has 0 saturated carbocycles. The Bertz CT molecular complexity index is 448. The highest BCUT2D eigenvalue weighted by Crippen LogP contribution is 2.22. The van der Waals surface area contributed by atoms with Crippen molar-refractivity contribution in [2.45, 2.75) is 44.8 Å². The van der Waals surface area contributed by atoms with Crippen LogP contribution in [0.15, 0.2) is 4.52 Å². The van der Waals surface area contributed by atoms with Crippen LogP contribution in [0.25, 0.3) is 0 Å². The van der Waals surface area contributed by atoms with Crippen LogP contribution in [0.1, 0.15) is 38.4 Å². The van der Waals surface area contributed by atoms with E-state index in [9.17, 15) is 0 Å². The highest BCUT2D eigenvalue weighted by molar-refractivity contribution is 5.85. The monoisotopic (exact) mass is 337 g/mol. The molecular formula is C13H25Cl2N5O. The van der Waals surface area contributed by atoms with Crippen molar-refractivity contribution < 1.29 is 4.52 Å². The first-order valence-corrected chi connectivity index (χ1v) is 7.11. The van der Waals surface area contributed by atoms with Gasteiger partial charge >= 0.3 is 0 Å². The smallest absolute Gasteiger partial charge is 0.240 e. The second-order valence-electron chi connectivity index (χ2n) is 6.30. The predicted octanol–water partition coefficient (Wildman–Crippen LogP) is 1.39. The van der Waals surface area contributed by atoms with Gasteiger partial charge in [-0.15, -0.1) is 24.8 Å². The summed E-state index contributed by atoms with van der Waals surface area (Å²) >= 11 is 0. The molecule has 0 bridgehead atoms. The Morgan fingerprint density at radius 1 is 1.29 bits per heavy atom. The molecule has 3 heterocycles. The van der Waals surface area contributed by atoms with Gasteiger partial charge in [0.05, 0.1) is 12.1 Å². The molecule has 0 radical (unpaired) electrons. The van der Waals surface area contributed by atoms with Gasteiger partial charge in [-0.2, -0.15) is 4.98 Å². The quantitative estimate of drug-likeness (QED) is 0.898. The standard InChI is InChI=1S/C13H23N5O.2ClH/c1-13(2,14)12-15-11(19-16-12)9-17-6-7-18-5-3-4-10(18)8-17;;/h10H,3-9,14H2,1-2H3;2*1H. The summed E-state index contributed by atoms with van der Waals surface area (Å²) in [5.74, 6) is 1.27. The summed E-state index contributed by atoms with van der Waals surface area (Å²) in [6.45, 7) is 9.15. The molecule has 21 heavy (non-hydrogen) atoms. The molecule has 2 fully saturated rings. The van der Waals surface area contributed by atoms with E-state index in [2.05, 4.69) is 19.9 Å². The molecule has 2 saturated heterocycles. The third-order valence-electron chi connectivity index (χ3n) is 4.07. The molecule has 1 aromatic rings. The molecule has 122 valence electrons. The Labute approximate surface area is 138 Å². The van der Waals surface area contributed by atoms with Crippen molar-refractivity contribution in [2.75, 3.05) is 26.2 Å². The summed E-state index contributed by atoms with van der Waals surface area (Å²) in [5.41, 5.74) is 5.43. The van der Waals surface area contributed by atoms with E-state index in [1.54, 1.807) is 0 Å². The van der Waals surface area contributed by atoms with Crippen molar-refractivity contribution in [3.05, 3.63) is 11.7 Å². The minimum absolute atomic E-state index is 0. The van der Waals surface area contributed by atoms with Crippen LogP contribution >= 0.6 is 24.8 Å². The molecule has 1 unspecified atom stereocenters. The third-order valence-corrected chi connectivity index (χ3v) is 4.07. The number of piperazine rings is 1. The van der Waals surface area contributed by atoms with Gasteiger partial charge in [0.15, 0.2) is 5.82 Å². The van der Waals surface area contributed by atoms with E-state index in [4.69, 9.17) is 10.3 Å². The molecule has 0 amide bonds. The van der Waals surface area contributed by atoms with Crippen LogP contribution in [0.2, 0.25) is 0 Å². The van der Waals surface area contributed by atoms with Crippen LogP contribution < -0.4 is 5.73 Å². The molecular weight excluding hydrogens is 313 g/mol. The molecule has 3 rings (SSSR count). The lowest BCUT2D eigenvalue weighted by atomic mass is 10.1. The van der Waals surface area contributed by atoms with Gasteiger partial charge in [0, 0.05) is 25.7 Å². The van der Waals surface area contributed by atoms with Gasteiger partial charge in [0.1, 0.15) is 0 Å². The third kappa shape index (κ3) is 4.29. The Morgan fingerprint density at radius 3 is 2.71 bits per heavy atom. The molecule has 2 aliphatic rings. The summed E-state index contributed by atoms with van der Waals surface area (Å²) in [4.78, 5) is 9.41. The fraction of sp³-hybridized carbons (Fsp3) is 0.846. The fourth-order valence-electron chi connectivity index (χ4n) is 2.97. The number of fused-ring (bicyclic) bond motifs is 1. The maximum atomic E-state index is 5.97. The Morgan fingerprint density at radius 2 is 2.05 bits per heavy atom. The maximum absolute atomic E-state index is 5.97. The minimum Gasteiger partial charge on any atom is -0.338 e. The van der Waals surface area contributed by atoms with Crippen LogP contribution in [-0.4, -0.2) is 52.2 Å². The lowest BCUT2D eigenvalue weighted by molar-refractivity contribution is 0.0908. The first-order chi connectivity index (χ1) is 9.02. The topological polar surface area (TPSA) is 71.4 Å². The zero-order valence-electron chi connectivity index (χ0n) is 12.6. The van der Waals surface area contributed by atoms with Crippen molar-refractivity contribution in [1.82, 2.24) is 19.9 Å². The second kappa shape index (κ2) is 7.24. The van der Waals surface area contributed by atoms with E-state index in [1.165, 1.54) is 19.4 Å². The Kier molecular flexibility index (Phi) is 6.43. The van der Waals surface area contributed by atoms with Crippen molar-refractivity contribution in [3.63, 3.8) is 0 Å². The van der Waals surface area contributed by atoms with Gasteiger partial charge in [-0.1, -0.05) is 5.16 Å². The van der Waals surface area contributed by atoms with Crippen molar-refractivity contribution in [2.24, 2.45) is 5.73 Å². The van der Waals surface area contributed by atoms with Gasteiger partial charge in [-0.25, -0.2) is 0 Å². The van der Waals surface area contributed by atoms with Gasteiger partial charge in [0.2, 0.25) is 5.89 Å². The van der Waals surface area contributed by atoms with Gasteiger partial charge in [-0.3, -0.25) is 9.80 Å². The molecule has 0 aliphatic carbocycles. The molecule has 2 aliphatic heterocycles. The Balaban J connectivity index is 0.00000110. The average molecular weight is 338 g/mol. The molecule has 0 spiro atoms. The number of hydrogen-bond acceptors (Lipinski definition) is 6. The van der Waals surface area contributed by atoms with E-state index in [-0.39, 0.29) is 24.8 Å². The normalized spacial score (nSPS) is 23.3. The average Bonchev–Trinajstić information content (AvgIpc) is 2.95. The van der Waals surface area contributed by atoms with Crippen LogP contribution in [0, 0.1) is 0 Å². The number of nitrogens with zero attached hydrogens (tertiary/aromatic N) is 4. The van der Waals surface area contributed by atoms with E-state index in [0.717, 1.165) is 32.2 Å². The first kappa shape index (κ1) is 18.6. The lowest BCUT2D eigenvalue weighted by Crippen LogP contribution is -2.49. The fourth-order valence-corrected chi connectivity index (χ4v) is 2.97. The summed E-state index contributed by atoms with van der Waals surface area (Å²) in [7, 11) is 0. The number of rotatable bonds is 3. The van der Waals surface area contributed by atoms with Gasteiger partial charge < -0.3 is 10.3 Å². The molecule has 8 heteroatoms. The van der Waals surface area contributed by atoms with Crippen LogP contribution in [0.4, 0.5) is 0 Å². The van der Waals surface area contributed by atoms with Gasteiger partial charge in [-0.05, 0) is 33.2 Å². The zero-order valence-corrected chi connectivity index (χ0v) is 14.3. The van der Waals surface area contributed by atoms with E-state index >= 15 is 0 Å². The highest BCUT2D eigenvalue weighted by Gasteiger charge is 2.31. The SMILES string of the molecule is CC(C)(N)c1noc(CN2CCN3CCCC3C2)n1.Cl.Cl. The van der Waals surface area contributed by atoms with Crippen molar-refractivity contribution in [3.8, 4) is 0 Å². The number of halogens is 2. The molecule has 1 aromatic heterocycles. The van der Waals surface area contributed by atoms with Crippen LogP contribution in [0.3, 0.4) is 0 Å². The summed E-state index contributed by atoms with van der Waals surface area (Å²) in [6, 6.07) is 0.724. The van der Waals surface area contributed by atoms with E-state index < -0.39 is 5.54 Å². The zero-order chi connectivity index (χ0) is 13.5. The van der Waals surface area contributed by atoms with Crippen molar-refractivity contribution >= 4 is 24.8 Å². The largest absolute Gasteiger partial charge is 0.338 e. The number of hydrogen-bond donors (Lipinski definition) is 1.